The lowest BCUT2D eigenvalue weighted by molar-refractivity contribution is -0.126. The van der Waals surface area contributed by atoms with Crippen LogP contribution in [0.5, 0.6) is 0 Å². The minimum Gasteiger partial charge on any atom is -0.306 e. The van der Waals surface area contributed by atoms with E-state index in [0.717, 1.165) is 29.7 Å². The Morgan fingerprint density at radius 2 is 1.97 bits per heavy atom. The van der Waals surface area contributed by atoms with Crippen LogP contribution in [0.1, 0.15) is 71.9 Å². The van der Waals surface area contributed by atoms with Gasteiger partial charge in [-0.05, 0) is 55.7 Å². The van der Waals surface area contributed by atoms with Gasteiger partial charge in [0, 0.05) is 12.5 Å². The second-order valence-electron chi connectivity index (χ2n) is 7.64. The number of carbonyl (C=O) groups is 1. The van der Waals surface area contributed by atoms with Gasteiger partial charge in [0.1, 0.15) is 0 Å². The van der Waals surface area contributed by atoms with Gasteiger partial charge < -0.3 is 5.32 Å². The third kappa shape index (κ3) is 4.89. The average molecular weight is 442 g/mol. The third-order valence-electron chi connectivity index (χ3n) is 5.53. The lowest BCUT2D eigenvalue weighted by Gasteiger charge is -2.25. The molecule has 1 aromatic heterocycles. The van der Waals surface area contributed by atoms with Gasteiger partial charge in [-0.3, -0.25) is 4.79 Å². The smallest absolute Gasteiger partial charge is 0.306 e. The van der Waals surface area contributed by atoms with Gasteiger partial charge in [0.15, 0.2) is 0 Å². The average Bonchev–Trinajstić information content (AvgIpc) is 3.51. The molecule has 1 fully saturated rings. The van der Waals surface area contributed by atoms with Crippen molar-refractivity contribution >= 4 is 17.5 Å². The fraction of sp³-hybridized carbons (Fsp3) is 0.545. The number of benzene rings is 1. The third-order valence-corrected chi connectivity index (χ3v) is 5.85. The normalized spacial score (nSPS) is 18.4. The number of aryl methyl sites for hydroxylation is 1. The highest BCUT2D eigenvalue weighted by atomic mass is 35.5. The van der Waals surface area contributed by atoms with Crippen molar-refractivity contribution in [1.82, 2.24) is 15.1 Å². The van der Waals surface area contributed by atoms with E-state index >= 15 is 0 Å². The molecule has 2 aliphatic carbocycles. The van der Waals surface area contributed by atoms with Crippen LogP contribution >= 0.6 is 11.6 Å². The number of aromatic nitrogens is 2. The van der Waals surface area contributed by atoms with Crippen LogP contribution < -0.4 is 5.32 Å². The fourth-order valence-electron chi connectivity index (χ4n) is 4.01. The second kappa shape index (κ2) is 9.10. The van der Waals surface area contributed by atoms with Crippen molar-refractivity contribution in [3.05, 3.63) is 51.3 Å². The predicted molar refractivity (Wildman–Crippen MR) is 111 cm³/mol. The molecule has 0 amide bonds. The topological polar surface area (TPSA) is 46.9 Å². The first-order valence-electron chi connectivity index (χ1n) is 10.4. The highest BCUT2D eigenvalue weighted by Gasteiger charge is 2.34. The first-order chi connectivity index (χ1) is 14.2. The van der Waals surface area contributed by atoms with Crippen LogP contribution in [0.2, 0.25) is 5.02 Å². The van der Waals surface area contributed by atoms with Gasteiger partial charge in [-0.2, -0.15) is 18.3 Å². The zero-order valence-corrected chi connectivity index (χ0v) is 18.2. The van der Waals surface area contributed by atoms with Crippen molar-refractivity contribution in [1.29, 1.82) is 0 Å². The molecule has 164 valence electrons. The van der Waals surface area contributed by atoms with Crippen molar-refractivity contribution in [3.8, 4) is 0 Å². The molecular weight excluding hydrogens is 415 g/mol. The van der Waals surface area contributed by atoms with E-state index in [9.17, 15) is 18.0 Å². The van der Waals surface area contributed by atoms with Crippen molar-refractivity contribution in [2.75, 3.05) is 6.54 Å². The molecule has 0 bridgehead atoms. The number of rotatable bonds is 4. The van der Waals surface area contributed by atoms with Crippen molar-refractivity contribution in [2.45, 2.75) is 71.0 Å². The van der Waals surface area contributed by atoms with Crippen LogP contribution in [0.25, 0.3) is 0 Å². The largest absolute Gasteiger partial charge is 0.401 e. The van der Waals surface area contributed by atoms with Gasteiger partial charge in [0.25, 0.3) is 5.91 Å². The maximum absolute atomic E-state index is 13.3. The SMILES string of the molecule is CC.Cc1nn(C(=O)c2c(Cl)cccc2C2CC2)c2c1CCC(NCC(F)(F)F)C2. The van der Waals surface area contributed by atoms with E-state index in [1.54, 1.807) is 6.07 Å². The molecule has 0 aliphatic heterocycles. The van der Waals surface area contributed by atoms with Gasteiger partial charge in [0.05, 0.1) is 28.5 Å². The van der Waals surface area contributed by atoms with Crippen molar-refractivity contribution < 1.29 is 18.0 Å². The van der Waals surface area contributed by atoms with Crippen LogP contribution in [0.15, 0.2) is 18.2 Å². The summed E-state index contributed by atoms with van der Waals surface area (Å²) in [5.41, 5.74) is 3.79. The Bertz CT molecular complexity index is 919. The van der Waals surface area contributed by atoms with E-state index < -0.39 is 12.7 Å². The molecular formula is C22H27ClF3N3O. The van der Waals surface area contributed by atoms with E-state index in [1.165, 1.54) is 4.68 Å². The van der Waals surface area contributed by atoms with Crippen LogP contribution in [0.3, 0.4) is 0 Å². The number of carbonyl (C=O) groups excluding carboxylic acids is 1. The molecule has 0 radical (unpaired) electrons. The maximum atomic E-state index is 13.3. The summed E-state index contributed by atoms with van der Waals surface area (Å²) in [6.45, 7) is 4.80. The summed E-state index contributed by atoms with van der Waals surface area (Å²) in [6.07, 6.45) is -0.685. The number of halogens is 4. The minimum atomic E-state index is -4.26. The minimum absolute atomic E-state index is 0.298. The standard InChI is InChI=1S/C20H21ClF3N3O.C2H6/c1-11-14-8-7-13(25-10-20(22,23)24)9-17(14)27(26-11)19(28)18-15(12-5-6-12)3-2-4-16(18)21;1-2/h2-4,12-13,25H,5-10H2,1H3;1-2H3. The van der Waals surface area contributed by atoms with Gasteiger partial charge in [-0.25, -0.2) is 4.68 Å². The zero-order chi connectivity index (χ0) is 22.1. The molecule has 1 heterocycles. The maximum Gasteiger partial charge on any atom is 0.401 e. The fourth-order valence-corrected chi connectivity index (χ4v) is 4.27. The molecule has 1 unspecified atom stereocenters. The lowest BCUT2D eigenvalue weighted by Crippen LogP contribution is -2.41. The van der Waals surface area contributed by atoms with Crippen LogP contribution in [0.4, 0.5) is 13.2 Å². The molecule has 1 saturated carbocycles. The zero-order valence-electron chi connectivity index (χ0n) is 17.4. The van der Waals surface area contributed by atoms with E-state index in [0.29, 0.717) is 41.5 Å². The summed E-state index contributed by atoms with van der Waals surface area (Å²) in [4.78, 5) is 13.3. The molecule has 1 N–H and O–H groups in total. The first-order valence-corrected chi connectivity index (χ1v) is 10.8. The number of alkyl halides is 3. The summed E-state index contributed by atoms with van der Waals surface area (Å²) >= 11 is 6.37. The number of fused-ring (bicyclic) bond motifs is 1. The second-order valence-corrected chi connectivity index (χ2v) is 8.05. The molecule has 0 spiro atoms. The van der Waals surface area contributed by atoms with E-state index in [2.05, 4.69) is 10.4 Å². The molecule has 2 aromatic rings. The van der Waals surface area contributed by atoms with Gasteiger partial charge in [0.2, 0.25) is 0 Å². The van der Waals surface area contributed by atoms with Crippen molar-refractivity contribution in [3.63, 3.8) is 0 Å². The summed E-state index contributed by atoms with van der Waals surface area (Å²) in [5.74, 6) is 0.0413. The van der Waals surface area contributed by atoms with Gasteiger partial charge in [-0.1, -0.05) is 37.6 Å². The molecule has 8 heteroatoms. The monoisotopic (exact) mass is 441 g/mol. The number of nitrogens with one attached hydrogen (secondary N) is 1. The van der Waals surface area contributed by atoms with E-state index in [1.807, 2.05) is 32.9 Å². The molecule has 2 aliphatic rings. The summed E-state index contributed by atoms with van der Waals surface area (Å²) in [6, 6.07) is 5.11. The Kier molecular flexibility index (Phi) is 6.92. The Hall–Kier alpha value is -1.86. The number of hydrogen-bond donors (Lipinski definition) is 1. The number of hydrogen-bond acceptors (Lipinski definition) is 3. The predicted octanol–water partition coefficient (Wildman–Crippen LogP) is 5.45. The lowest BCUT2D eigenvalue weighted by atomic mass is 9.91. The summed E-state index contributed by atoms with van der Waals surface area (Å²) in [5, 5.41) is 7.39. The molecule has 1 atom stereocenters. The number of nitrogens with zero attached hydrogens (tertiary/aromatic N) is 2. The summed E-state index contributed by atoms with van der Waals surface area (Å²) in [7, 11) is 0. The molecule has 1 aromatic carbocycles. The molecule has 4 nitrogen and oxygen atoms in total. The quantitative estimate of drug-likeness (QED) is 0.686. The molecule has 30 heavy (non-hydrogen) atoms. The molecule has 4 rings (SSSR count). The Morgan fingerprint density at radius 1 is 1.27 bits per heavy atom. The highest BCUT2D eigenvalue weighted by Crippen LogP contribution is 2.43. The summed E-state index contributed by atoms with van der Waals surface area (Å²) < 4.78 is 39.0. The van der Waals surface area contributed by atoms with Gasteiger partial charge >= 0.3 is 6.18 Å². The van der Waals surface area contributed by atoms with Gasteiger partial charge in [-0.15, -0.1) is 0 Å². The first kappa shape index (κ1) is 22.8. The Morgan fingerprint density at radius 3 is 2.60 bits per heavy atom. The van der Waals surface area contributed by atoms with Crippen LogP contribution in [-0.2, 0) is 12.8 Å². The highest BCUT2D eigenvalue weighted by molar-refractivity contribution is 6.34. The molecule has 0 saturated heterocycles. The van der Waals surface area contributed by atoms with E-state index in [-0.39, 0.29) is 11.9 Å². The Balaban J connectivity index is 0.00000124. The van der Waals surface area contributed by atoms with Crippen molar-refractivity contribution in [2.24, 2.45) is 0 Å². The Labute approximate surface area is 179 Å². The van der Waals surface area contributed by atoms with Crippen LogP contribution in [0, 0.1) is 6.92 Å². The van der Waals surface area contributed by atoms with Crippen LogP contribution in [-0.4, -0.2) is 34.5 Å². The van der Waals surface area contributed by atoms with E-state index in [4.69, 9.17) is 11.6 Å².